The van der Waals surface area contributed by atoms with Crippen LogP contribution >= 0.6 is 0 Å². The Hall–Kier alpha value is -2.22. The highest BCUT2D eigenvalue weighted by Crippen LogP contribution is 2.26. The molecule has 1 N–H and O–H groups in total. The van der Waals surface area contributed by atoms with Gasteiger partial charge in [0.1, 0.15) is 12.1 Å². The van der Waals surface area contributed by atoms with E-state index in [0.29, 0.717) is 42.8 Å². The van der Waals surface area contributed by atoms with E-state index in [1.54, 1.807) is 18.2 Å². The highest BCUT2D eigenvalue weighted by atomic mass is 32.2. The number of hydrogen-bond acceptors (Lipinski definition) is 6. The first-order chi connectivity index (χ1) is 10.4. The predicted octanol–water partition coefficient (Wildman–Crippen LogP) is 0.360. The van der Waals surface area contributed by atoms with Gasteiger partial charge in [-0.2, -0.15) is 0 Å². The van der Waals surface area contributed by atoms with Crippen LogP contribution in [0.4, 0.5) is 5.82 Å². The molecule has 2 heterocycles. The summed E-state index contributed by atoms with van der Waals surface area (Å²) in [5.41, 5.74) is 0.681. The Labute approximate surface area is 128 Å². The van der Waals surface area contributed by atoms with Gasteiger partial charge in [-0.25, -0.2) is 18.4 Å². The van der Waals surface area contributed by atoms with Gasteiger partial charge in [0.25, 0.3) is 0 Å². The molecule has 0 unspecified atom stereocenters. The van der Waals surface area contributed by atoms with Gasteiger partial charge in [-0.15, -0.1) is 0 Å². The maximum absolute atomic E-state index is 11.8. The third-order valence-electron chi connectivity index (χ3n) is 3.63. The molecule has 0 bridgehead atoms. The van der Waals surface area contributed by atoms with Crippen molar-refractivity contribution in [1.82, 2.24) is 15.3 Å². The first kappa shape index (κ1) is 14.7. The van der Waals surface area contributed by atoms with Crippen LogP contribution in [-0.4, -0.2) is 50.2 Å². The molecule has 1 saturated heterocycles. The summed E-state index contributed by atoms with van der Waals surface area (Å²) in [5.74, 6) is 0.671. The van der Waals surface area contributed by atoms with Gasteiger partial charge in [-0.1, -0.05) is 0 Å². The highest BCUT2D eigenvalue weighted by Gasteiger charge is 2.18. The number of nitrogens with one attached hydrogen (secondary N) is 1. The SMILES string of the molecule is CS(=O)(=O)c1ccc2ncnc(N3CCNC(=O)CC3)c2c1. The Balaban J connectivity index is 2.10. The van der Waals surface area contributed by atoms with E-state index < -0.39 is 9.84 Å². The van der Waals surface area contributed by atoms with Crippen molar-refractivity contribution in [1.29, 1.82) is 0 Å². The van der Waals surface area contributed by atoms with Gasteiger partial charge in [-0.05, 0) is 18.2 Å². The Morgan fingerprint density at radius 1 is 1.23 bits per heavy atom. The normalized spacial score (nSPS) is 16.4. The van der Waals surface area contributed by atoms with E-state index in [2.05, 4.69) is 15.3 Å². The minimum Gasteiger partial charge on any atom is -0.354 e. The molecule has 0 radical (unpaired) electrons. The molecular weight excluding hydrogens is 304 g/mol. The Bertz CT molecular complexity index is 835. The average Bonchev–Trinajstić information content (AvgIpc) is 2.70. The van der Waals surface area contributed by atoms with Crippen molar-refractivity contribution in [3.63, 3.8) is 0 Å². The second kappa shape index (κ2) is 5.53. The summed E-state index contributed by atoms with van der Waals surface area (Å²) in [6.45, 7) is 1.71. The topological polar surface area (TPSA) is 92.3 Å². The van der Waals surface area contributed by atoms with Crippen molar-refractivity contribution in [3.8, 4) is 0 Å². The van der Waals surface area contributed by atoms with E-state index in [4.69, 9.17) is 0 Å². The molecule has 3 rings (SSSR count). The zero-order valence-corrected chi connectivity index (χ0v) is 12.9. The van der Waals surface area contributed by atoms with Crippen molar-refractivity contribution in [2.75, 3.05) is 30.8 Å². The van der Waals surface area contributed by atoms with Crippen LogP contribution in [0.15, 0.2) is 29.4 Å². The van der Waals surface area contributed by atoms with Gasteiger partial charge in [0.15, 0.2) is 9.84 Å². The minimum absolute atomic E-state index is 0.0117. The smallest absolute Gasteiger partial charge is 0.221 e. The second-order valence-electron chi connectivity index (χ2n) is 5.24. The third kappa shape index (κ3) is 2.87. The molecule has 22 heavy (non-hydrogen) atoms. The van der Waals surface area contributed by atoms with Gasteiger partial charge in [-0.3, -0.25) is 4.79 Å². The fraction of sp³-hybridized carbons (Fsp3) is 0.357. The lowest BCUT2D eigenvalue weighted by Gasteiger charge is -2.22. The summed E-state index contributed by atoms with van der Waals surface area (Å²) < 4.78 is 23.5. The molecule has 1 amide bonds. The molecule has 1 aromatic carbocycles. The first-order valence-corrected chi connectivity index (χ1v) is 8.81. The van der Waals surface area contributed by atoms with Gasteiger partial charge in [0, 0.05) is 37.7 Å². The van der Waals surface area contributed by atoms with Crippen molar-refractivity contribution < 1.29 is 13.2 Å². The molecule has 8 heteroatoms. The molecule has 116 valence electrons. The summed E-state index contributed by atoms with van der Waals surface area (Å²) in [6.07, 6.45) is 3.02. The number of aromatic nitrogens is 2. The van der Waals surface area contributed by atoms with Gasteiger partial charge in [0.2, 0.25) is 5.91 Å². The van der Waals surface area contributed by atoms with Crippen LogP contribution in [0.3, 0.4) is 0 Å². The van der Waals surface area contributed by atoms with E-state index in [-0.39, 0.29) is 10.8 Å². The van der Waals surface area contributed by atoms with Crippen LogP contribution in [0.2, 0.25) is 0 Å². The summed E-state index contributed by atoms with van der Waals surface area (Å²) in [4.78, 5) is 22.2. The average molecular weight is 320 g/mol. The largest absolute Gasteiger partial charge is 0.354 e. The summed E-state index contributed by atoms with van der Waals surface area (Å²) in [7, 11) is -3.30. The molecule has 0 spiro atoms. The monoisotopic (exact) mass is 320 g/mol. The van der Waals surface area contributed by atoms with Crippen LogP contribution in [-0.2, 0) is 14.6 Å². The zero-order chi connectivity index (χ0) is 15.7. The number of carbonyl (C=O) groups is 1. The van der Waals surface area contributed by atoms with Crippen LogP contribution in [0.5, 0.6) is 0 Å². The number of anilines is 1. The van der Waals surface area contributed by atoms with Crippen molar-refractivity contribution in [2.24, 2.45) is 0 Å². The van der Waals surface area contributed by atoms with Gasteiger partial charge >= 0.3 is 0 Å². The maximum Gasteiger partial charge on any atom is 0.221 e. The molecule has 1 aliphatic rings. The van der Waals surface area contributed by atoms with Crippen LogP contribution < -0.4 is 10.2 Å². The van der Waals surface area contributed by atoms with E-state index >= 15 is 0 Å². The molecule has 0 saturated carbocycles. The third-order valence-corrected chi connectivity index (χ3v) is 4.74. The molecule has 7 nitrogen and oxygen atoms in total. The number of carbonyl (C=O) groups excluding carboxylic acids is 1. The Morgan fingerprint density at radius 2 is 2.05 bits per heavy atom. The number of hydrogen-bond donors (Lipinski definition) is 1. The fourth-order valence-corrected chi connectivity index (χ4v) is 3.13. The number of sulfone groups is 1. The molecule has 1 aromatic heterocycles. The van der Waals surface area contributed by atoms with Crippen molar-refractivity contribution in [2.45, 2.75) is 11.3 Å². The molecular formula is C14H16N4O3S. The minimum atomic E-state index is -3.30. The molecule has 0 aliphatic carbocycles. The second-order valence-corrected chi connectivity index (χ2v) is 7.25. The number of nitrogens with zero attached hydrogens (tertiary/aromatic N) is 3. The van der Waals surface area contributed by atoms with Crippen LogP contribution in [0, 0.1) is 0 Å². The zero-order valence-electron chi connectivity index (χ0n) is 12.1. The lowest BCUT2D eigenvalue weighted by atomic mass is 10.2. The van der Waals surface area contributed by atoms with Gasteiger partial charge < -0.3 is 10.2 Å². The summed E-state index contributed by atoms with van der Waals surface area (Å²) in [6, 6.07) is 4.82. The molecule has 1 aliphatic heterocycles. The fourth-order valence-electron chi connectivity index (χ4n) is 2.48. The standard InChI is InChI=1S/C14H16N4O3S/c1-22(20,21)10-2-3-12-11(8-10)14(17-9-16-12)18-6-4-13(19)15-5-7-18/h2-3,8-9H,4-7H2,1H3,(H,15,19). The predicted molar refractivity (Wildman–Crippen MR) is 82.5 cm³/mol. The van der Waals surface area contributed by atoms with E-state index in [9.17, 15) is 13.2 Å². The molecule has 1 fully saturated rings. The van der Waals surface area contributed by atoms with Crippen LogP contribution in [0.1, 0.15) is 6.42 Å². The summed E-state index contributed by atoms with van der Waals surface area (Å²) in [5, 5.41) is 3.49. The number of fused-ring (bicyclic) bond motifs is 1. The quantitative estimate of drug-likeness (QED) is 0.859. The lowest BCUT2D eigenvalue weighted by molar-refractivity contribution is -0.120. The Kier molecular flexibility index (Phi) is 3.69. The number of benzene rings is 1. The lowest BCUT2D eigenvalue weighted by Crippen LogP contribution is -2.29. The van der Waals surface area contributed by atoms with E-state index in [1.165, 1.54) is 12.6 Å². The first-order valence-electron chi connectivity index (χ1n) is 6.91. The summed E-state index contributed by atoms with van der Waals surface area (Å²) >= 11 is 0. The van der Waals surface area contributed by atoms with Crippen LogP contribution in [0.25, 0.3) is 10.9 Å². The molecule has 2 aromatic rings. The maximum atomic E-state index is 11.8. The highest BCUT2D eigenvalue weighted by molar-refractivity contribution is 7.90. The van der Waals surface area contributed by atoms with E-state index in [1.807, 2.05) is 4.90 Å². The van der Waals surface area contributed by atoms with Crippen molar-refractivity contribution >= 4 is 32.5 Å². The molecule has 0 atom stereocenters. The van der Waals surface area contributed by atoms with Crippen molar-refractivity contribution in [3.05, 3.63) is 24.5 Å². The van der Waals surface area contributed by atoms with Gasteiger partial charge in [0.05, 0.1) is 10.4 Å². The van der Waals surface area contributed by atoms with E-state index in [0.717, 1.165) is 0 Å². The number of rotatable bonds is 2. The Morgan fingerprint density at radius 3 is 2.82 bits per heavy atom. The number of amides is 1.